The van der Waals surface area contributed by atoms with Crippen molar-refractivity contribution >= 4 is 0 Å². The van der Waals surface area contributed by atoms with Crippen LogP contribution in [-0.2, 0) is 0 Å². The normalized spacial score (nSPS) is 22.4. The maximum Gasteiger partial charge on any atom is 0.129 e. The lowest BCUT2D eigenvalue weighted by Crippen LogP contribution is -2.44. The summed E-state index contributed by atoms with van der Waals surface area (Å²) < 4.78 is 13.7. The van der Waals surface area contributed by atoms with Gasteiger partial charge in [-0.2, -0.15) is 0 Å². The van der Waals surface area contributed by atoms with E-state index in [-0.39, 0.29) is 11.7 Å². The number of benzene rings is 1. The lowest BCUT2D eigenvalue weighted by atomic mass is 9.91. The van der Waals surface area contributed by atoms with E-state index in [4.69, 9.17) is 0 Å². The van der Waals surface area contributed by atoms with Gasteiger partial charge in [-0.25, -0.2) is 4.39 Å². The van der Waals surface area contributed by atoms with Crippen molar-refractivity contribution in [3.8, 4) is 0 Å². The van der Waals surface area contributed by atoms with Gasteiger partial charge in [-0.1, -0.05) is 25.1 Å². The molecular formula is C16H24FNO2. The summed E-state index contributed by atoms with van der Waals surface area (Å²) in [6.45, 7) is 6.15. The maximum atomic E-state index is 13.7. The van der Waals surface area contributed by atoms with Gasteiger partial charge in [0.2, 0.25) is 0 Å². The van der Waals surface area contributed by atoms with Crippen molar-refractivity contribution in [2.45, 2.75) is 38.4 Å². The number of nitrogens with zero attached hydrogens (tertiary/aromatic N) is 1. The van der Waals surface area contributed by atoms with Crippen LogP contribution in [0.3, 0.4) is 0 Å². The Hall–Kier alpha value is -0.970. The monoisotopic (exact) mass is 281 g/mol. The van der Waals surface area contributed by atoms with Gasteiger partial charge in [0, 0.05) is 25.2 Å². The Morgan fingerprint density at radius 1 is 1.30 bits per heavy atom. The molecule has 0 spiro atoms. The molecular weight excluding hydrogens is 257 g/mol. The van der Waals surface area contributed by atoms with Crippen LogP contribution in [0, 0.1) is 11.7 Å². The third-order valence-corrected chi connectivity index (χ3v) is 4.24. The van der Waals surface area contributed by atoms with E-state index in [2.05, 4.69) is 4.90 Å². The second-order valence-electron chi connectivity index (χ2n) is 6.24. The molecule has 2 N–H and O–H groups in total. The zero-order chi connectivity index (χ0) is 14.8. The van der Waals surface area contributed by atoms with Crippen LogP contribution < -0.4 is 0 Å². The Balaban J connectivity index is 1.92. The van der Waals surface area contributed by atoms with E-state index in [0.717, 1.165) is 25.9 Å². The van der Waals surface area contributed by atoms with Gasteiger partial charge >= 0.3 is 0 Å². The molecule has 1 aliphatic heterocycles. The van der Waals surface area contributed by atoms with E-state index in [9.17, 15) is 14.6 Å². The molecule has 0 amide bonds. The molecule has 2 unspecified atom stereocenters. The predicted molar refractivity (Wildman–Crippen MR) is 76.8 cm³/mol. The Morgan fingerprint density at radius 3 is 2.50 bits per heavy atom. The number of hydrogen-bond donors (Lipinski definition) is 2. The van der Waals surface area contributed by atoms with E-state index in [1.165, 1.54) is 6.07 Å². The summed E-state index contributed by atoms with van der Waals surface area (Å²) in [5.74, 6) is -0.400. The van der Waals surface area contributed by atoms with Crippen LogP contribution in [0.15, 0.2) is 24.3 Å². The van der Waals surface area contributed by atoms with Crippen LogP contribution in [0.5, 0.6) is 0 Å². The van der Waals surface area contributed by atoms with Crippen LogP contribution in [0.1, 0.15) is 38.4 Å². The number of likely N-dealkylation sites (tertiary alicyclic amines) is 1. The van der Waals surface area contributed by atoms with Crippen molar-refractivity contribution in [3.05, 3.63) is 35.6 Å². The van der Waals surface area contributed by atoms with Crippen molar-refractivity contribution in [1.82, 2.24) is 4.90 Å². The first-order valence-electron chi connectivity index (χ1n) is 7.26. The highest BCUT2D eigenvalue weighted by Gasteiger charge is 2.29. The molecule has 0 radical (unpaired) electrons. The first-order valence-corrected chi connectivity index (χ1v) is 7.26. The van der Waals surface area contributed by atoms with Gasteiger partial charge in [0.1, 0.15) is 5.82 Å². The fraction of sp³-hybridized carbons (Fsp3) is 0.625. The molecule has 1 saturated heterocycles. The first-order chi connectivity index (χ1) is 9.39. The van der Waals surface area contributed by atoms with E-state index >= 15 is 0 Å². The van der Waals surface area contributed by atoms with E-state index in [1.54, 1.807) is 18.2 Å². The van der Waals surface area contributed by atoms with Gasteiger partial charge in [0.15, 0.2) is 0 Å². The van der Waals surface area contributed by atoms with Crippen molar-refractivity contribution in [3.63, 3.8) is 0 Å². The van der Waals surface area contributed by atoms with Crippen LogP contribution >= 0.6 is 0 Å². The zero-order valence-corrected chi connectivity index (χ0v) is 12.2. The van der Waals surface area contributed by atoms with E-state index in [0.29, 0.717) is 12.1 Å². The number of aliphatic hydroxyl groups is 2. The quantitative estimate of drug-likeness (QED) is 0.890. The molecule has 4 heteroatoms. The molecule has 0 aliphatic carbocycles. The minimum Gasteiger partial charge on any atom is -0.390 e. The van der Waals surface area contributed by atoms with Gasteiger partial charge < -0.3 is 15.1 Å². The second kappa shape index (κ2) is 6.20. The van der Waals surface area contributed by atoms with Gasteiger partial charge in [0.25, 0.3) is 0 Å². The van der Waals surface area contributed by atoms with Crippen molar-refractivity contribution in [2.24, 2.45) is 5.92 Å². The van der Waals surface area contributed by atoms with Crippen LogP contribution in [-0.4, -0.2) is 40.3 Å². The maximum absolute atomic E-state index is 13.7. The Bertz CT molecular complexity index is 440. The standard InChI is InChI=1S/C16H24FNO2/c1-12(11-18-9-7-16(2,20)8-10-18)15(19)13-5-3-4-6-14(13)17/h3-6,12,15,19-20H,7-11H2,1-2H3. The summed E-state index contributed by atoms with van der Waals surface area (Å²) >= 11 is 0. The number of piperidine rings is 1. The third-order valence-electron chi connectivity index (χ3n) is 4.24. The van der Waals surface area contributed by atoms with Gasteiger partial charge in [-0.05, 0) is 31.7 Å². The SMILES string of the molecule is CC(CN1CCC(C)(O)CC1)C(O)c1ccccc1F. The Kier molecular flexibility index (Phi) is 4.78. The largest absolute Gasteiger partial charge is 0.390 e. The van der Waals surface area contributed by atoms with Crippen molar-refractivity contribution in [1.29, 1.82) is 0 Å². The number of halogens is 1. The molecule has 2 atom stereocenters. The lowest BCUT2D eigenvalue weighted by molar-refractivity contribution is -0.0149. The molecule has 0 bridgehead atoms. The molecule has 0 aromatic heterocycles. The number of hydrogen-bond acceptors (Lipinski definition) is 3. The second-order valence-corrected chi connectivity index (χ2v) is 6.24. The highest BCUT2D eigenvalue weighted by molar-refractivity contribution is 5.20. The zero-order valence-electron chi connectivity index (χ0n) is 12.2. The average Bonchev–Trinajstić information content (AvgIpc) is 2.41. The summed E-state index contributed by atoms with van der Waals surface area (Å²) in [7, 11) is 0. The molecule has 1 aromatic carbocycles. The molecule has 1 heterocycles. The molecule has 1 aromatic rings. The van der Waals surface area contributed by atoms with Crippen molar-refractivity contribution < 1.29 is 14.6 Å². The van der Waals surface area contributed by atoms with Crippen LogP contribution in [0.4, 0.5) is 4.39 Å². The predicted octanol–water partition coefficient (Wildman–Crippen LogP) is 2.34. The Morgan fingerprint density at radius 2 is 1.90 bits per heavy atom. The summed E-state index contributed by atoms with van der Waals surface area (Å²) in [5, 5.41) is 20.2. The van der Waals surface area contributed by atoms with Gasteiger partial charge in [-0.3, -0.25) is 0 Å². The van der Waals surface area contributed by atoms with E-state index < -0.39 is 11.7 Å². The summed E-state index contributed by atoms with van der Waals surface area (Å²) in [4.78, 5) is 2.23. The minimum absolute atomic E-state index is 0.0463. The molecule has 1 aliphatic rings. The molecule has 0 saturated carbocycles. The smallest absolute Gasteiger partial charge is 0.129 e. The summed E-state index contributed by atoms with van der Waals surface area (Å²) in [5.41, 5.74) is -0.201. The molecule has 112 valence electrons. The molecule has 2 rings (SSSR count). The lowest BCUT2D eigenvalue weighted by Gasteiger charge is -2.37. The van der Waals surface area contributed by atoms with Crippen LogP contribution in [0.2, 0.25) is 0 Å². The highest BCUT2D eigenvalue weighted by atomic mass is 19.1. The number of aliphatic hydroxyl groups excluding tert-OH is 1. The van der Waals surface area contributed by atoms with Crippen LogP contribution in [0.25, 0.3) is 0 Å². The average molecular weight is 281 g/mol. The number of rotatable bonds is 4. The third kappa shape index (κ3) is 3.78. The Labute approximate surface area is 120 Å². The minimum atomic E-state index is -0.793. The topological polar surface area (TPSA) is 43.7 Å². The van der Waals surface area contributed by atoms with Gasteiger partial charge in [0.05, 0.1) is 11.7 Å². The molecule has 20 heavy (non-hydrogen) atoms. The first kappa shape index (κ1) is 15.4. The fourth-order valence-electron chi connectivity index (χ4n) is 2.75. The van der Waals surface area contributed by atoms with E-state index in [1.807, 2.05) is 13.8 Å². The van der Waals surface area contributed by atoms with Gasteiger partial charge in [-0.15, -0.1) is 0 Å². The highest BCUT2D eigenvalue weighted by Crippen LogP contribution is 2.27. The van der Waals surface area contributed by atoms with Crippen molar-refractivity contribution in [2.75, 3.05) is 19.6 Å². The summed E-state index contributed by atoms with van der Waals surface area (Å²) in [6.07, 6.45) is 0.698. The molecule has 3 nitrogen and oxygen atoms in total. The molecule has 1 fully saturated rings. The summed E-state index contributed by atoms with van der Waals surface area (Å²) in [6, 6.07) is 6.39. The fourth-order valence-corrected chi connectivity index (χ4v) is 2.75.